The lowest BCUT2D eigenvalue weighted by Gasteiger charge is -2.12. The fraction of sp³-hybridized carbons (Fsp3) is 0.130. The molecule has 0 aliphatic heterocycles. The highest BCUT2D eigenvalue weighted by molar-refractivity contribution is 6.30. The highest BCUT2D eigenvalue weighted by Gasteiger charge is 2.14. The lowest BCUT2D eigenvalue weighted by atomic mass is 10.0. The van der Waals surface area contributed by atoms with Crippen molar-refractivity contribution in [1.29, 1.82) is 5.26 Å². The number of carbonyl (C=O) groups is 1. The summed E-state index contributed by atoms with van der Waals surface area (Å²) in [5.74, 6) is 0.550. The Morgan fingerprint density at radius 1 is 1.11 bits per heavy atom. The van der Waals surface area contributed by atoms with Crippen LogP contribution in [0.3, 0.4) is 0 Å². The number of rotatable bonds is 4. The Bertz CT molecular complexity index is 1100. The van der Waals surface area contributed by atoms with Crippen molar-refractivity contribution in [3.63, 3.8) is 0 Å². The summed E-state index contributed by atoms with van der Waals surface area (Å²) < 4.78 is 5.75. The maximum Gasteiger partial charge on any atom is 0.266 e. The first-order chi connectivity index (χ1) is 13.4. The molecule has 3 aromatic rings. The number of nitrogens with one attached hydrogen (secondary N) is 1. The maximum atomic E-state index is 12.6. The summed E-state index contributed by atoms with van der Waals surface area (Å²) >= 11 is 6.01. The van der Waals surface area contributed by atoms with Crippen molar-refractivity contribution in [2.24, 2.45) is 0 Å². The van der Waals surface area contributed by atoms with Crippen LogP contribution in [0.5, 0.6) is 0 Å². The van der Waals surface area contributed by atoms with Gasteiger partial charge in [-0.15, -0.1) is 0 Å². The predicted octanol–water partition coefficient (Wildman–Crippen LogP) is 6.07. The zero-order chi connectivity index (χ0) is 20.3. The minimum absolute atomic E-state index is 0.0358. The van der Waals surface area contributed by atoms with Crippen LogP contribution in [0.15, 0.2) is 58.5 Å². The zero-order valence-corrected chi connectivity index (χ0v) is 16.6. The average molecular weight is 391 g/mol. The number of nitriles is 1. The summed E-state index contributed by atoms with van der Waals surface area (Å²) in [5.41, 5.74) is 4.52. The van der Waals surface area contributed by atoms with E-state index in [2.05, 4.69) is 5.32 Å². The Balaban J connectivity index is 1.85. The van der Waals surface area contributed by atoms with E-state index in [0.717, 1.165) is 27.9 Å². The number of hydrogen-bond acceptors (Lipinski definition) is 3. The normalized spacial score (nSPS) is 11.2. The number of benzene rings is 2. The van der Waals surface area contributed by atoms with Gasteiger partial charge in [-0.3, -0.25) is 4.79 Å². The van der Waals surface area contributed by atoms with Crippen LogP contribution in [-0.2, 0) is 4.79 Å². The van der Waals surface area contributed by atoms with Crippen LogP contribution in [-0.4, -0.2) is 5.91 Å². The maximum absolute atomic E-state index is 12.6. The molecule has 2 aromatic carbocycles. The number of amides is 1. The molecule has 4 nitrogen and oxygen atoms in total. The van der Waals surface area contributed by atoms with E-state index in [1.165, 1.54) is 6.08 Å². The molecule has 1 N–H and O–H groups in total. The molecule has 1 amide bonds. The van der Waals surface area contributed by atoms with E-state index in [-0.39, 0.29) is 5.57 Å². The highest BCUT2D eigenvalue weighted by atomic mass is 35.5. The van der Waals surface area contributed by atoms with Crippen molar-refractivity contribution in [3.8, 4) is 17.4 Å². The second-order valence-electron chi connectivity index (χ2n) is 6.61. The van der Waals surface area contributed by atoms with E-state index in [1.807, 2.05) is 51.1 Å². The third-order valence-electron chi connectivity index (χ3n) is 4.30. The van der Waals surface area contributed by atoms with Gasteiger partial charge in [-0.25, -0.2) is 0 Å². The van der Waals surface area contributed by atoms with Gasteiger partial charge in [0.2, 0.25) is 0 Å². The summed E-state index contributed by atoms with van der Waals surface area (Å²) in [7, 11) is 0. The van der Waals surface area contributed by atoms with Gasteiger partial charge in [0.05, 0.1) is 0 Å². The van der Waals surface area contributed by atoms with Crippen molar-refractivity contribution in [2.75, 3.05) is 5.32 Å². The van der Waals surface area contributed by atoms with Gasteiger partial charge in [0.25, 0.3) is 5.91 Å². The molecule has 0 saturated heterocycles. The second-order valence-corrected chi connectivity index (χ2v) is 7.05. The first-order valence-electron chi connectivity index (χ1n) is 8.74. The van der Waals surface area contributed by atoms with Gasteiger partial charge in [0, 0.05) is 22.3 Å². The Hall–Kier alpha value is -3.29. The van der Waals surface area contributed by atoms with Crippen LogP contribution in [0.25, 0.3) is 17.4 Å². The molecule has 5 heteroatoms. The highest BCUT2D eigenvalue weighted by Crippen LogP contribution is 2.26. The fourth-order valence-corrected chi connectivity index (χ4v) is 3.27. The Kier molecular flexibility index (Phi) is 5.67. The van der Waals surface area contributed by atoms with Crippen molar-refractivity contribution in [2.45, 2.75) is 20.8 Å². The molecule has 0 spiro atoms. The molecule has 0 atom stereocenters. The van der Waals surface area contributed by atoms with Gasteiger partial charge in [-0.1, -0.05) is 41.4 Å². The number of aryl methyl sites for hydroxylation is 3. The number of halogens is 1. The van der Waals surface area contributed by atoms with Crippen LogP contribution < -0.4 is 5.32 Å². The molecule has 0 aliphatic carbocycles. The molecule has 0 bridgehead atoms. The van der Waals surface area contributed by atoms with Gasteiger partial charge in [0.15, 0.2) is 0 Å². The second kappa shape index (κ2) is 8.16. The van der Waals surface area contributed by atoms with Gasteiger partial charge in [-0.2, -0.15) is 5.26 Å². The van der Waals surface area contributed by atoms with Gasteiger partial charge < -0.3 is 9.73 Å². The number of carbonyl (C=O) groups excluding carboxylic acids is 1. The number of hydrogen-bond donors (Lipinski definition) is 1. The average Bonchev–Trinajstić information content (AvgIpc) is 3.11. The van der Waals surface area contributed by atoms with Crippen LogP contribution in [0.4, 0.5) is 5.69 Å². The monoisotopic (exact) mass is 390 g/mol. The molecule has 0 radical (unpaired) electrons. The molecular weight excluding hydrogens is 372 g/mol. The lowest BCUT2D eigenvalue weighted by Crippen LogP contribution is -2.15. The lowest BCUT2D eigenvalue weighted by molar-refractivity contribution is -0.112. The molecular formula is C23H19ClN2O2. The molecule has 1 heterocycles. The third kappa shape index (κ3) is 4.33. The van der Waals surface area contributed by atoms with Gasteiger partial charge >= 0.3 is 0 Å². The predicted molar refractivity (Wildman–Crippen MR) is 112 cm³/mol. The minimum Gasteiger partial charge on any atom is -0.457 e. The Labute approximate surface area is 169 Å². The van der Waals surface area contributed by atoms with Gasteiger partial charge in [-0.05, 0) is 56.2 Å². The summed E-state index contributed by atoms with van der Waals surface area (Å²) in [6, 6.07) is 16.7. The minimum atomic E-state index is -0.474. The quantitative estimate of drug-likeness (QED) is 0.434. The SMILES string of the molecule is Cc1cc(C)c(NC(=O)C(C#N)=Cc2ccc(-c3cccc(Cl)c3)o2)c(C)c1. The first kappa shape index (κ1) is 19.5. The fourth-order valence-electron chi connectivity index (χ4n) is 3.08. The number of anilines is 1. The zero-order valence-electron chi connectivity index (χ0n) is 15.8. The Morgan fingerprint density at radius 2 is 1.82 bits per heavy atom. The van der Waals surface area contributed by atoms with E-state index in [4.69, 9.17) is 16.0 Å². The van der Waals surface area contributed by atoms with Crippen LogP contribution in [0, 0.1) is 32.1 Å². The molecule has 1 aromatic heterocycles. The smallest absolute Gasteiger partial charge is 0.266 e. The van der Waals surface area contributed by atoms with E-state index < -0.39 is 5.91 Å². The van der Waals surface area contributed by atoms with Crippen molar-refractivity contribution >= 4 is 29.3 Å². The van der Waals surface area contributed by atoms with E-state index in [0.29, 0.717) is 16.5 Å². The van der Waals surface area contributed by atoms with Crippen molar-refractivity contribution in [3.05, 3.63) is 81.6 Å². The molecule has 0 aliphatic rings. The molecule has 3 rings (SSSR count). The molecule has 0 saturated carbocycles. The summed E-state index contributed by atoms with van der Waals surface area (Å²) in [6.45, 7) is 5.85. The van der Waals surface area contributed by atoms with Crippen LogP contribution >= 0.6 is 11.6 Å². The topological polar surface area (TPSA) is 66.0 Å². The third-order valence-corrected chi connectivity index (χ3v) is 4.54. The molecule has 0 unspecified atom stereocenters. The van der Waals surface area contributed by atoms with E-state index in [9.17, 15) is 10.1 Å². The largest absolute Gasteiger partial charge is 0.457 e. The van der Waals surface area contributed by atoms with E-state index in [1.54, 1.807) is 24.3 Å². The van der Waals surface area contributed by atoms with Crippen molar-refractivity contribution in [1.82, 2.24) is 0 Å². The Morgan fingerprint density at radius 3 is 2.46 bits per heavy atom. The number of furan rings is 1. The van der Waals surface area contributed by atoms with Crippen molar-refractivity contribution < 1.29 is 9.21 Å². The van der Waals surface area contributed by atoms with Gasteiger partial charge in [0.1, 0.15) is 23.2 Å². The molecule has 28 heavy (non-hydrogen) atoms. The number of nitrogens with zero attached hydrogens (tertiary/aromatic N) is 1. The summed E-state index contributed by atoms with van der Waals surface area (Å²) in [4.78, 5) is 12.6. The van der Waals surface area contributed by atoms with Crippen LogP contribution in [0.1, 0.15) is 22.5 Å². The summed E-state index contributed by atoms with van der Waals surface area (Å²) in [5, 5.41) is 12.9. The molecule has 140 valence electrons. The van der Waals surface area contributed by atoms with E-state index >= 15 is 0 Å². The standard InChI is InChI=1S/C23H19ClN2O2/c1-14-9-15(2)22(16(3)10-14)26-23(27)18(13-25)12-20-7-8-21(28-20)17-5-4-6-19(24)11-17/h4-12H,1-3H3,(H,26,27). The molecule has 0 fully saturated rings. The summed E-state index contributed by atoms with van der Waals surface area (Å²) in [6.07, 6.45) is 1.43. The van der Waals surface area contributed by atoms with Crippen LogP contribution in [0.2, 0.25) is 5.02 Å². The first-order valence-corrected chi connectivity index (χ1v) is 9.12.